The zero-order valence-electron chi connectivity index (χ0n) is 11.6. The first kappa shape index (κ1) is 13.3. The number of nitrogens with one attached hydrogen (secondary N) is 1. The van der Waals surface area contributed by atoms with Gasteiger partial charge in [0.05, 0.1) is 12.6 Å². The number of aliphatic hydroxyl groups is 1. The molecule has 0 radical (unpaired) electrons. The molecule has 0 spiro atoms. The lowest BCUT2D eigenvalue weighted by atomic mass is 10.1. The number of benzene rings is 2. The molecule has 104 valence electrons. The van der Waals surface area contributed by atoms with E-state index in [1.54, 1.807) is 0 Å². The van der Waals surface area contributed by atoms with Gasteiger partial charge in [0.2, 0.25) is 0 Å². The van der Waals surface area contributed by atoms with Crippen LogP contribution >= 0.6 is 0 Å². The molecular formula is C18H21NO. The fraction of sp³-hybridized carbons (Fsp3) is 0.333. The van der Waals surface area contributed by atoms with Crippen molar-refractivity contribution in [1.82, 2.24) is 5.32 Å². The molecule has 2 N–H and O–H groups in total. The van der Waals surface area contributed by atoms with Gasteiger partial charge < -0.3 is 10.4 Å². The van der Waals surface area contributed by atoms with E-state index in [0.29, 0.717) is 0 Å². The summed E-state index contributed by atoms with van der Waals surface area (Å²) in [4.78, 5) is 0. The predicted molar refractivity (Wildman–Crippen MR) is 81.5 cm³/mol. The van der Waals surface area contributed by atoms with Gasteiger partial charge in [-0.1, -0.05) is 54.6 Å². The van der Waals surface area contributed by atoms with Crippen LogP contribution in [0.1, 0.15) is 41.5 Å². The molecule has 0 saturated heterocycles. The van der Waals surface area contributed by atoms with E-state index in [2.05, 4.69) is 41.7 Å². The monoisotopic (exact) mass is 267 g/mol. The molecule has 2 heteroatoms. The average Bonchev–Trinajstić information content (AvgIpc) is 3.34. The van der Waals surface area contributed by atoms with Crippen molar-refractivity contribution in [1.29, 1.82) is 0 Å². The molecule has 1 unspecified atom stereocenters. The van der Waals surface area contributed by atoms with E-state index in [1.807, 2.05) is 18.2 Å². The summed E-state index contributed by atoms with van der Waals surface area (Å²) in [7, 11) is 0. The highest BCUT2D eigenvalue weighted by molar-refractivity contribution is 5.29. The number of rotatable bonds is 6. The van der Waals surface area contributed by atoms with Gasteiger partial charge in [-0.05, 0) is 35.4 Å². The van der Waals surface area contributed by atoms with E-state index in [1.165, 1.54) is 24.0 Å². The van der Waals surface area contributed by atoms with E-state index < -0.39 is 0 Å². The molecule has 1 saturated carbocycles. The Bertz CT molecular complexity index is 548. The Balaban J connectivity index is 1.64. The Morgan fingerprint density at radius 1 is 1.05 bits per heavy atom. The van der Waals surface area contributed by atoms with Crippen molar-refractivity contribution >= 4 is 0 Å². The first-order chi connectivity index (χ1) is 9.86. The Labute approximate surface area is 120 Å². The van der Waals surface area contributed by atoms with Crippen molar-refractivity contribution in [2.45, 2.75) is 31.3 Å². The molecule has 0 amide bonds. The molecule has 2 aromatic rings. The van der Waals surface area contributed by atoms with Gasteiger partial charge in [-0.2, -0.15) is 0 Å². The predicted octanol–water partition coefficient (Wildman–Crippen LogP) is 3.39. The molecule has 1 aliphatic carbocycles. The average molecular weight is 267 g/mol. The van der Waals surface area contributed by atoms with Crippen LogP contribution in [0.25, 0.3) is 0 Å². The summed E-state index contributed by atoms with van der Waals surface area (Å²) in [6.07, 6.45) is 2.67. The lowest BCUT2D eigenvalue weighted by Gasteiger charge is -2.17. The van der Waals surface area contributed by atoms with Gasteiger partial charge in [-0.25, -0.2) is 0 Å². The minimum Gasteiger partial charge on any atom is -0.394 e. The summed E-state index contributed by atoms with van der Waals surface area (Å²) in [5.74, 6) is 0.790. The van der Waals surface area contributed by atoms with Gasteiger partial charge in [0.25, 0.3) is 0 Å². The maximum atomic E-state index is 9.55. The van der Waals surface area contributed by atoms with E-state index >= 15 is 0 Å². The molecule has 0 heterocycles. The van der Waals surface area contributed by atoms with E-state index in [9.17, 15) is 5.11 Å². The zero-order chi connectivity index (χ0) is 13.8. The van der Waals surface area contributed by atoms with Crippen LogP contribution in [0.15, 0.2) is 54.6 Å². The highest BCUT2D eigenvalue weighted by Crippen LogP contribution is 2.40. The molecule has 0 bridgehead atoms. The third-order valence-electron chi connectivity index (χ3n) is 3.94. The summed E-state index contributed by atoms with van der Waals surface area (Å²) >= 11 is 0. The van der Waals surface area contributed by atoms with E-state index in [-0.39, 0.29) is 12.6 Å². The van der Waals surface area contributed by atoms with Crippen molar-refractivity contribution in [2.75, 3.05) is 6.61 Å². The van der Waals surface area contributed by atoms with Gasteiger partial charge in [0, 0.05) is 6.54 Å². The van der Waals surface area contributed by atoms with Crippen molar-refractivity contribution in [2.24, 2.45) is 0 Å². The smallest absolute Gasteiger partial charge is 0.0626 e. The lowest BCUT2D eigenvalue weighted by Crippen LogP contribution is -2.23. The third-order valence-corrected chi connectivity index (χ3v) is 3.94. The highest BCUT2D eigenvalue weighted by atomic mass is 16.3. The summed E-state index contributed by atoms with van der Waals surface area (Å²) in [6, 6.07) is 18.9. The number of hydrogen-bond donors (Lipinski definition) is 2. The van der Waals surface area contributed by atoms with Crippen LogP contribution in [0.3, 0.4) is 0 Å². The van der Waals surface area contributed by atoms with Gasteiger partial charge >= 0.3 is 0 Å². The van der Waals surface area contributed by atoms with Gasteiger partial charge in [-0.3, -0.25) is 0 Å². The second kappa shape index (κ2) is 6.21. The maximum Gasteiger partial charge on any atom is 0.0626 e. The summed E-state index contributed by atoms with van der Waals surface area (Å²) in [5.41, 5.74) is 3.89. The largest absolute Gasteiger partial charge is 0.394 e. The second-order valence-corrected chi connectivity index (χ2v) is 5.55. The van der Waals surface area contributed by atoms with Crippen molar-refractivity contribution in [3.8, 4) is 0 Å². The quantitative estimate of drug-likeness (QED) is 0.841. The van der Waals surface area contributed by atoms with Crippen LogP contribution < -0.4 is 5.32 Å². The summed E-state index contributed by atoms with van der Waals surface area (Å²) < 4.78 is 0. The maximum absolute atomic E-state index is 9.55. The number of hydrogen-bond acceptors (Lipinski definition) is 2. The highest BCUT2D eigenvalue weighted by Gasteiger charge is 2.23. The fourth-order valence-electron chi connectivity index (χ4n) is 2.59. The number of aliphatic hydroxyl groups excluding tert-OH is 1. The topological polar surface area (TPSA) is 32.3 Å². The summed E-state index contributed by atoms with van der Waals surface area (Å²) in [5, 5.41) is 13.0. The minimum absolute atomic E-state index is 0.000723. The fourth-order valence-corrected chi connectivity index (χ4v) is 2.59. The lowest BCUT2D eigenvalue weighted by molar-refractivity contribution is 0.243. The van der Waals surface area contributed by atoms with Crippen molar-refractivity contribution < 1.29 is 5.11 Å². The van der Waals surface area contributed by atoms with Crippen molar-refractivity contribution in [3.63, 3.8) is 0 Å². The molecule has 1 atom stereocenters. The molecule has 2 nitrogen and oxygen atoms in total. The SMILES string of the molecule is OCC(NCc1cccc(C2CC2)c1)c1ccccc1. The normalized spacial score (nSPS) is 16.1. The second-order valence-electron chi connectivity index (χ2n) is 5.55. The van der Waals surface area contributed by atoms with Crippen LogP contribution in [0.2, 0.25) is 0 Å². The summed E-state index contributed by atoms with van der Waals surface area (Å²) in [6.45, 7) is 0.910. The Morgan fingerprint density at radius 3 is 2.55 bits per heavy atom. The molecule has 3 rings (SSSR count). The van der Waals surface area contributed by atoms with Crippen molar-refractivity contribution in [3.05, 3.63) is 71.3 Å². The molecular weight excluding hydrogens is 246 g/mol. The molecule has 1 fully saturated rings. The molecule has 2 aromatic carbocycles. The molecule has 20 heavy (non-hydrogen) atoms. The Hall–Kier alpha value is -1.64. The van der Waals surface area contributed by atoms with Crippen LogP contribution in [0.4, 0.5) is 0 Å². The van der Waals surface area contributed by atoms with E-state index in [0.717, 1.165) is 18.0 Å². The molecule has 0 aromatic heterocycles. The first-order valence-corrected chi connectivity index (χ1v) is 7.35. The molecule has 0 aliphatic heterocycles. The van der Waals surface area contributed by atoms with Crippen LogP contribution in [-0.4, -0.2) is 11.7 Å². The van der Waals surface area contributed by atoms with Crippen LogP contribution in [-0.2, 0) is 6.54 Å². The Morgan fingerprint density at radius 2 is 1.85 bits per heavy atom. The Kier molecular flexibility index (Phi) is 4.14. The zero-order valence-corrected chi connectivity index (χ0v) is 11.6. The molecule has 1 aliphatic rings. The first-order valence-electron chi connectivity index (χ1n) is 7.35. The minimum atomic E-state index is 0.000723. The van der Waals surface area contributed by atoms with Gasteiger partial charge in [-0.15, -0.1) is 0 Å². The third kappa shape index (κ3) is 3.27. The standard InChI is InChI=1S/C18H21NO/c20-13-18(16-6-2-1-3-7-16)19-12-14-5-4-8-17(11-14)15-9-10-15/h1-8,11,15,18-20H,9-10,12-13H2. The van der Waals surface area contributed by atoms with Gasteiger partial charge in [0.15, 0.2) is 0 Å². The van der Waals surface area contributed by atoms with Crippen LogP contribution in [0.5, 0.6) is 0 Å². The van der Waals surface area contributed by atoms with Crippen LogP contribution in [0, 0.1) is 0 Å². The van der Waals surface area contributed by atoms with Gasteiger partial charge in [0.1, 0.15) is 0 Å². The van der Waals surface area contributed by atoms with E-state index in [4.69, 9.17) is 0 Å².